The summed E-state index contributed by atoms with van der Waals surface area (Å²) >= 11 is 11.7. The molecule has 1 amide bonds. The summed E-state index contributed by atoms with van der Waals surface area (Å²) in [6.45, 7) is 6.23. The van der Waals surface area contributed by atoms with Gasteiger partial charge < -0.3 is 10.1 Å². The maximum atomic E-state index is 12.3. The van der Waals surface area contributed by atoms with Crippen molar-refractivity contribution in [2.75, 3.05) is 13.2 Å². The molecule has 0 aliphatic rings. The van der Waals surface area contributed by atoms with E-state index in [1.54, 1.807) is 0 Å². The Morgan fingerprint density at radius 1 is 1.25 bits per heavy atom. The number of carbonyl (C=O) groups excluding carboxylic acids is 1. The zero-order valence-electron chi connectivity index (χ0n) is 13.8. The number of carbonyl (C=O) groups is 1. The zero-order chi connectivity index (χ0) is 18.3. The van der Waals surface area contributed by atoms with Crippen LogP contribution < -0.4 is 10.0 Å². The highest BCUT2D eigenvalue weighted by Gasteiger charge is 2.24. The van der Waals surface area contributed by atoms with Crippen molar-refractivity contribution in [2.24, 2.45) is 0 Å². The largest absolute Gasteiger partial charge is 0.379 e. The fourth-order valence-corrected chi connectivity index (χ4v) is 3.75. The molecule has 1 rings (SSSR count). The van der Waals surface area contributed by atoms with Gasteiger partial charge in [0.15, 0.2) is 0 Å². The topological polar surface area (TPSA) is 84.5 Å². The first-order chi connectivity index (χ1) is 11.1. The van der Waals surface area contributed by atoms with E-state index >= 15 is 0 Å². The fraction of sp³-hybridized carbons (Fsp3) is 0.533. The second kappa shape index (κ2) is 9.58. The SMILES string of the molecule is CC(C)OCCCNC(=O)[C@H](C)NS(=O)(=O)c1cc(Cl)ccc1Cl. The highest BCUT2D eigenvalue weighted by atomic mass is 35.5. The van der Waals surface area contributed by atoms with Gasteiger partial charge in [-0.2, -0.15) is 4.72 Å². The molecular weight excluding hydrogens is 375 g/mol. The molecular formula is C15H22Cl2N2O4S. The number of halogens is 2. The number of hydrogen-bond acceptors (Lipinski definition) is 4. The fourth-order valence-electron chi connectivity index (χ4n) is 1.79. The molecule has 136 valence electrons. The van der Waals surface area contributed by atoms with E-state index in [1.165, 1.54) is 25.1 Å². The van der Waals surface area contributed by atoms with Gasteiger partial charge in [-0.25, -0.2) is 8.42 Å². The number of benzene rings is 1. The first-order valence-electron chi connectivity index (χ1n) is 7.50. The summed E-state index contributed by atoms with van der Waals surface area (Å²) in [5.41, 5.74) is 0. The lowest BCUT2D eigenvalue weighted by molar-refractivity contribution is -0.122. The van der Waals surface area contributed by atoms with E-state index in [2.05, 4.69) is 10.0 Å². The summed E-state index contributed by atoms with van der Waals surface area (Å²) in [4.78, 5) is 11.8. The van der Waals surface area contributed by atoms with E-state index in [9.17, 15) is 13.2 Å². The summed E-state index contributed by atoms with van der Waals surface area (Å²) < 4.78 is 32.3. The molecule has 1 aromatic rings. The van der Waals surface area contributed by atoms with E-state index in [-0.39, 0.29) is 21.0 Å². The number of amides is 1. The van der Waals surface area contributed by atoms with Gasteiger partial charge in [-0.3, -0.25) is 4.79 Å². The van der Waals surface area contributed by atoms with Crippen LogP contribution in [0.3, 0.4) is 0 Å². The second-order valence-electron chi connectivity index (χ2n) is 5.48. The lowest BCUT2D eigenvalue weighted by Gasteiger charge is -2.15. The smallest absolute Gasteiger partial charge is 0.242 e. The normalized spacial score (nSPS) is 13.1. The molecule has 0 bridgehead atoms. The van der Waals surface area contributed by atoms with Crippen LogP contribution in [0.25, 0.3) is 0 Å². The minimum absolute atomic E-state index is 0.0327. The van der Waals surface area contributed by atoms with Gasteiger partial charge in [-0.1, -0.05) is 23.2 Å². The van der Waals surface area contributed by atoms with Crippen LogP contribution in [0.1, 0.15) is 27.2 Å². The number of ether oxygens (including phenoxy) is 1. The number of hydrogen-bond donors (Lipinski definition) is 2. The zero-order valence-corrected chi connectivity index (χ0v) is 16.1. The lowest BCUT2D eigenvalue weighted by atomic mass is 10.3. The molecule has 2 N–H and O–H groups in total. The minimum Gasteiger partial charge on any atom is -0.379 e. The number of rotatable bonds is 9. The Hall–Kier alpha value is -0.860. The highest BCUT2D eigenvalue weighted by Crippen LogP contribution is 2.24. The standard InChI is InChI=1S/C15H22Cl2N2O4S/c1-10(2)23-8-4-7-18-15(20)11(3)19-24(21,22)14-9-12(16)5-6-13(14)17/h5-6,9-11,19H,4,7-8H2,1-3H3,(H,18,20)/t11-/m0/s1. The van der Waals surface area contributed by atoms with E-state index in [1.807, 2.05) is 13.8 Å². The summed E-state index contributed by atoms with van der Waals surface area (Å²) in [6.07, 6.45) is 0.776. The first kappa shape index (κ1) is 21.2. The van der Waals surface area contributed by atoms with E-state index in [4.69, 9.17) is 27.9 Å². The maximum absolute atomic E-state index is 12.3. The molecule has 0 saturated carbocycles. The third-order valence-corrected chi connectivity index (χ3v) is 5.24. The van der Waals surface area contributed by atoms with Crippen molar-refractivity contribution in [3.63, 3.8) is 0 Å². The van der Waals surface area contributed by atoms with Gasteiger partial charge >= 0.3 is 0 Å². The maximum Gasteiger partial charge on any atom is 0.242 e. The van der Waals surface area contributed by atoms with Crippen molar-refractivity contribution in [2.45, 2.75) is 44.2 Å². The van der Waals surface area contributed by atoms with Crippen molar-refractivity contribution < 1.29 is 17.9 Å². The van der Waals surface area contributed by atoms with E-state index in [0.29, 0.717) is 19.6 Å². The summed E-state index contributed by atoms with van der Waals surface area (Å²) in [5, 5.41) is 2.92. The molecule has 0 radical (unpaired) electrons. The molecule has 9 heteroatoms. The van der Waals surface area contributed by atoms with Crippen molar-refractivity contribution >= 4 is 39.1 Å². The molecule has 24 heavy (non-hydrogen) atoms. The monoisotopic (exact) mass is 396 g/mol. The molecule has 1 aromatic carbocycles. The van der Waals surface area contributed by atoms with Gasteiger partial charge in [-0.05, 0) is 45.4 Å². The first-order valence-corrected chi connectivity index (χ1v) is 9.74. The van der Waals surface area contributed by atoms with Crippen LogP contribution in [-0.2, 0) is 19.6 Å². The number of sulfonamides is 1. The average molecular weight is 397 g/mol. The summed E-state index contributed by atoms with van der Waals surface area (Å²) in [7, 11) is -3.96. The van der Waals surface area contributed by atoms with Crippen LogP contribution >= 0.6 is 23.2 Å². The average Bonchev–Trinajstić information content (AvgIpc) is 2.48. The third kappa shape index (κ3) is 6.94. The van der Waals surface area contributed by atoms with Gasteiger partial charge in [0.05, 0.1) is 17.2 Å². The van der Waals surface area contributed by atoms with E-state index < -0.39 is 22.0 Å². The molecule has 0 heterocycles. The molecule has 0 fully saturated rings. The molecule has 0 aliphatic heterocycles. The van der Waals surface area contributed by atoms with E-state index in [0.717, 1.165) is 0 Å². The molecule has 0 spiro atoms. The molecule has 0 aliphatic carbocycles. The molecule has 1 atom stereocenters. The van der Waals surface area contributed by atoms with Crippen molar-refractivity contribution in [1.29, 1.82) is 0 Å². The van der Waals surface area contributed by atoms with Gasteiger partial charge in [0, 0.05) is 18.2 Å². The predicted molar refractivity (Wildman–Crippen MR) is 95.0 cm³/mol. The van der Waals surface area contributed by atoms with Crippen LogP contribution in [0.4, 0.5) is 0 Å². The van der Waals surface area contributed by atoms with Crippen LogP contribution in [-0.4, -0.2) is 39.6 Å². The highest BCUT2D eigenvalue weighted by molar-refractivity contribution is 7.89. The van der Waals surface area contributed by atoms with Gasteiger partial charge in [0.1, 0.15) is 4.90 Å². The van der Waals surface area contributed by atoms with Crippen molar-refractivity contribution in [1.82, 2.24) is 10.0 Å². The lowest BCUT2D eigenvalue weighted by Crippen LogP contribution is -2.45. The molecule has 0 unspecified atom stereocenters. The minimum atomic E-state index is -3.96. The van der Waals surface area contributed by atoms with Crippen LogP contribution in [0.5, 0.6) is 0 Å². The molecule has 6 nitrogen and oxygen atoms in total. The Morgan fingerprint density at radius 2 is 1.92 bits per heavy atom. The van der Waals surface area contributed by atoms with Gasteiger partial charge in [0.25, 0.3) is 0 Å². The Kier molecular flexibility index (Phi) is 8.45. The predicted octanol–water partition coefficient (Wildman–Crippen LogP) is 2.59. The van der Waals surface area contributed by atoms with Crippen LogP contribution in [0, 0.1) is 0 Å². The Balaban J connectivity index is 2.57. The molecule has 0 aromatic heterocycles. The molecule has 0 saturated heterocycles. The summed E-state index contributed by atoms with van der Waals surface area (Å²) in [5.74, 6) is -0.429. The quantitative estimate of drug-likeness (QED) is 0.628. The van der Waals surface area contributed by atoms with Crippen LogP contribution in [0.2, 0.25) is 10.0 Å². The van der Waals surface area contributed by atoms with Gasteiger partial charge in [-0.15, -0.1) is 0 Å². The van der Waals surface area contributed by atoms with Crippen molar-refractivity contribution in [3.8, 4) is 0 Å². The Morgan fingerprint density at radius 3 is 2.54 bits per heavy atom. The Labute approximate surface area is 152 Å². The van der Waals surface area contributed by atoms with Gasteiger partial charge in [0.2, 0.25) is 15.9 Å². The van der Waals surface area contributed by atoms with Crippen molar-refractivity contribution in [3.05, 3.63) is 28.2 Å². The third-order valence-electron chi connectivity index (χ3n) is 2.98. The summed E-state index contributed by atoms with van der Waals surface area (Å²) in [6, 6.07) is 3.16. The second-order valence-corrected chi connectivity index (χ2v) is 8.01. The van der Waals surface area contributed by atoms with Crippen LogP contribution in [0.15, 0.2) is 23.1 Å². The number of nitrogens with one attached hydrogen (secondary N) is 2. The Bertz CT molecular complexity index is 665.